The summed E-state index contributed by atoms with van der Waals surface area (Å²) in [5, 5.41) is 25.6. The van der Waals surface area contributed by atoms with Crippen molar-refractivity contribution >= 4 is 17.6 Å². The molecule has 39 heavy (non-hydrogen) atoms. The van der Waals surface area contributed by atoms with Crippen LogP contribution in [0.2, 0.25) is 0 Å². The third kappa shape index (κ3) is 6.88. The minimum atomic E-state index is -1.12. The van der Waals surface area contributed by atoms with Crippen LogP contribution in [0.5, 0.6) is 0 Å². The largest absolute Gasteiger partial charge is 0.478 e. The number of benzene rings is 3. The SMILES string of the molecule is CC(C)CNC(=O)c1cc(Cc2ccccc2)c(-c2cccnc2CNc2ccc(C#N)cc2)c(C(=O)O)c1. The third-order valence-electron chi connectivity index (χ3n) is 6.25. The summed E-state index contributed by atoms with van der Waals surface area (Å²) in [6.45, 7) is 4.83. The monoisotopic (exact) mass is 518 g/mol. The summed E-state index contributed by atoms with van der Waals surface area (Å²) in [4.78, 5) is 30.2. The number of amides is 1. The van der Waals surface area contributed by atoms with E-state index < -0.39 is 5.97 Å². The minimum absolute atomic E-state index is 0.0470. The Bertz CT molecular complexity index is 1510. The smallest absolute Gasteiger partial charge is 0.336 e. The Morgan fingerprint density at radius 2 is 1.74 bits per heavy atom. The van der Waals surface area contributed by atoms with Gasteiger partial charge in [-0.25, -0.2) is 4.79 Å². The van der Waals surface area contributed by atoms with Gasteiger partial charge in [0, 0.05) is 35.1 Å². The van der Waals surface area contributed by atoms with E-state index in [4.69, 9.17) is 5.26 Å². The van der Waals surface area contributed by atoms with Gasteiger partial charge < -0.3 is 15.7 Å². The zero-order chi connectivity index (χ0) is 27.8. The van der Waals surface area contributed by atoms with Gasteiger partial charge in [-0.05, 0) is 65.9 Å². The van der Waals surface area contributed by atoms with Gasteiger partial charge in [0.05, 0.1) is 29.4 Å². The number of aromatic nitrogens is 1. The number of nitrogens with zero attached hydrogens (tertiary/aromatic N) is 2. The van der Waals surface area contributed by atoms with Crippen LogP contribution in [-0.4, -0.2) is 28.5 Å². The Kier molecular flexibility index (Phi) is 8.70. The maximum absolute atomic E-state index is 13.0. The second kappa shape index (κ2) is 12.5. The van der Waals surface area contributed by atoms with E-state index >= 15 is 0 Å². The van der Waals surface area contributed by atoms with Gasteiger partial charge in [-0.2, -0.15) is 5.26 Å². The van der Waals surface area contributed by atoms with Crippen LogP contribution in [0.1, 0.15) is 56.9 Å². The summed E-state index contributed by atoms with van der Waals surface area (Å²) >= 11 is 0. The molecule has 0 saturated heterocycles. The molecule has 4 aromatic rings. The maximum atomic E-state index is 13.0. The van der Waals surface area contributed by atoms with Crippen molar-refractivity contribution in [2.24, 2.45) is 5.92 Å². The standard InChI is InChI=1S/C32H30N4O3/c1-21(2)19-36-31(37)25-16-24(15-22-7-4-3-5-8-22)30(28(17-25)32(38)39)27-9-6-14-34-29(27)20-35-26-12-10-23(18-33)11-13-26/h3-14,16-17,21,35H,15,19-20H2,1-2H3,(H,36,37)(H,38,39). The van der Waals surface area contributed by atoms with Crippen LogP contribution in [-0.2, 0) is 13.0 Å². The molecule has 0 saturated carbocycles. The van der Waals surface area contributed by atoms with Crippen LogP contribution >= 0.6 is 0 Å². The average molecular weight is 519 g/mol. The summed E-state index contributed by atoms with van der Waals surface area (Å²) < 4.78 is 0. The van der Waals surface area contributed by atoms with Crippen LogP contribution < -0.4 is 10.6 Å². The van der Waals surface area contributed by atoms with Gasteiger partial charge >= 0.3 is 5.97 Å². The molecule has 196 valence electrons. The molecule has 7 nitrogen and oxygen atoms in total. The lowest BCUT2D eigenvalue weighted by molar-refractivity contribution is 0.0697. The van der Waals surface area contributed by atoms with Crippen molar-refractivity contribution in [1.29, 1.82) is 5.26 Å². The molecule has 0 radical (unpaired) electrons. The molecule has 3 N–H and O–H groups in total. The van der Waals surface area contributed by atoms with Gasteiger partial charge in [-0.15, -0.1) is 0 Å². The van der Waals surface area contributed by atoms with Crippen molar-refractivity contribution in [3.05, 3.63) is 119 Å². The maximum Gasteiger partial charge on any atom is 0.336 e. The topological polar surface area (TPSA) is 115 Å². The molecule has 1 aromatic heterocycles. The number of pyridine rings is 1. The first-order chi connectivity index (χ1) is 18.9. The second-order valence-electron chi connectivity index (χ2n) is 9.67. The lowest BCUT2D eigenvalue weighted by Crippen LogP contribution is -2.27. The lowest BCUT2D eigenvalue weighted by atomic mass is 9.88. The van der Waals surface area contributed by atoms with Crippen molar-refractivity contribution in [3.63, 3.8) is 0 Å². The first kappa shape index (κ1) is 27.1. The molecular formula is C32H30N4O3. The van der Waals surface area contributed by atoms with Gasteiger partial charge in [-0.1, -0.05) is 50.2 Å². The molecule has 0 aliphatic heterocycles. The van der Waals surface area contributed by atoms with Gasteiger partial charge in [0.1, 0.15) is 0 Å². The highest BCUT2D eigenvalue weighted by molar-refractivity contribution is 6.03. The summed E-state index contributed by atoms with van der Waals surface area (Å²) in [5.74, 6) is -1.16. The predicted molar refractivity (Wildman–Crippen MR) is 152 cm³/mol. The molecule has 1 heterocycles. The van der Waals surface area contributed by atoms with E-state index in [2.05, 4.69) is 21.7 Å². The number of hydrogen-bond donors (Lipinski definition) is 3. The number of aromatic carboxylic acids is 1. The third-order valence-corrected chi connectivity index (χ3v) is 6.25. The van der Waals surface area contributed by atoms with Gasteiger partial charge in [0.2, 0.25) is 0 Å². The Morgan fingerprint density at radius 1 is 1.00 bits per heavy atom. The average Bonchev–Trinajstić information content (AvgIpc) is 2.95. The highest BCUT2D eigenvalue weighted by Gasteiger charge is 2.23. The molecule has 7 heteroatoms. The van der Waals surface area contributed by atoms with E-state index in [1.165, 1.54) is 6.07 Å². The fourth-order valence-electron chi connectivity index (χ4n) is 4.33. The Hall–Kier alpha value is -4.96. The van der Waals surface area contributed by atoms with Crippen molar-refractivity contribution in [3.8, 4) is 17.2 Å². The molecule has 0 bridgehead atoms. The van der Waals surface area contributed by atoms with E-state index in [0.29, 0.717) is 47.5 Å². The Labute approximate surface area is 228 Å². The molecule has 0 aliphatic carbocycles. The quantitative estimate of drug-likeness (QED) is 0.241. The number of nitrogens with one attached hydrogen (secondary N) is 2. The molecule has 3 aromatic carbocycles. The predicted octanol–water partition coefficient (Wildman–Crippen LogP) is 5.91. The highest BCUT2D eigenvalue weighted by atomic mass is 16.4. The van der Waals surface area contributed by atoms with Crippen LogP contribution in [0.4, 0.5) is 5.69 Å². The Morgan fingerprint density at radius 3 is 2.41 bits per heavy atom. The van der Waals surface area contributed by atoms with E-state index in [1.807, 2.05) is 62.4 Å². The van der Waals surface area contributed by atoms with E-state index in [-0.39, 0.29) is 17.4 Å². The number of nitriles is 1. The number of hydrogen-bond acceptors (Lipinski definition) is 5. The number of anilines is 1. The van der Waals surface area contributed by atoms with Crippen LogP contribution in [0.15, 0.2) is 85.1 Å². The van der Waals surface area contributed by atoms with E-state index in [1.54, 1.807) is 30.5 Å². The van der Waals surface area contributed by atoms with Crippen molar-refractivity contribution in [1.82, 2.24) is 10.3 Å². The van der Waals surface area contributed by atoms with Gasteiger partial charge in [0.25, 0.3) is 5.91 Å². The molecule has 0 fully saturated rings. The molecule has 1 amide bonds. The number of carboxylic acids is 1. The lowest BCUT2D eigenvalue weighted by Gasteiger charge is -2.19. The molecular weight excluding hydrogens is 488 g/mol. The zero-order valence-electron chi connectivity index (χ0n) is 21.9. The minimum Gasteiger partial charge on any atom is -0.478 e. The summed E-state index contributed by atoms with van der Waals surface area (Å²) in [7, 11) is 0. The van der Waals surface area contributed by atoms with Gasteiger partial charge in [-0.3, -0.25) is 9.78 Å². The molecule has 0 spiro atoms. The number of carboxylic acid groups (broad SMARTS) is 1. The first-order valence-corrected chi connectivity index (χ1v) is 12.8. The zero-order valence-corrected chi connectivity index (χ0v) is 21.9. The fourth-order valence-corrected chi connectivity index (χ4v) is 4.33. The number of carbonyl (C=O) groups excluding carboxylic acids is 1. The summed E-state index contributed by atoms with van der Waals surface area (Å²) in [6, 6.07) is 25.8. The normalized spacial score (nSPS) is 10.6. The van der Waals surface area contributed by atoms with Crippen molar-refractivity contribution < 1.29 is 14.7 Å². The van der Waals surface area contributed by atoms with Crippen LogP contribution in [0, 0.1) is 17.2 Å². The Balaban J connectivity index is 1.80. The van der Waals surface area contributed by atoms with Crippen molar-refractivity contribution in [2.75, 3.05) is 11.9 Å². The van der Waals surface area contributed by atoms with Crippen LogP contribution in [0.3, 0.4) is 0 Å². The highest BCUT2D eigenvalue weighted by Crippen LogP contribution is 2.33. The van der Waals surface area contributed by atoms with Crippen LogP contribution in [0.25, 0.3) is 11.1 Å². The molecule has 0 aliphatic rings. The second-order valence-corrected chi connectivity index (χ2v) is 9.67. The molecule has 0 atom stereocenters. The molecule has 0 unspecified atom stereocenters. The van der Waals surface area contributed by atoms with Crippen molar-refractivity contribution in [2.45, 2.75) is 26.8 Å². The van der Waals surface area contributed by atoms with E-state index in [9.17, 15) is 14.7 Å². The van der Waals surface area contributed by atoms with E-state index in [0.717, 1.165) is 16.8 Å². The molecule has 4 rings (SSSR count). The number of rotatable bonds is 10. The summed E-state index contributed by atoms with van der Waals surface area (Å²) in [6.07, 6.45) is 2.11. The van der Waals surface area contributed by atoms with Gasteiger partial charge in [0.15, 0.2) is 0 Å². The first-order valence-electron chi connectivity index (χ1n) is 12.8. The fraction of sp³-hybridized carbons (Fsp3) is 0.188. The number of carbonyl (C=O) groups is 2. The summed E-state index contributed by atoms with van der Waals surface area (Å²) in [5.41, 5.74) is 5.33.